The van der Waals surface area contributed by atoms with Gasteiger partial charge in [-0.15, -0.1) is 0 Å². The fourth-order valence-corrected chi connectivity index (χ4v) is 1.62. The maximum atomic E-state index is 12.6. The molecule has 98 valence electrons. The first-order chi connectivity index (χ1) is 8.72. The molecule has 2 unspecified atom stereocenters. The highest BCUT2D eigenvalue weighted by molar-refractivity contribution is 5.47. The summed E-state index contributed by atoms with van der Waals surface area (Å²) in [4.78, 5) is 0. The molecular formula is C14H19FN2O. The summed E-state index contributed by atoms with van der Waals surface area (Å²) in [6.45, 7) is 2.97. The van der Waals surface area contributed by atoms with Crippen molar-refractivity contribution in [2.75, 3.05) is 19.1 Å². The molecule has 0 aliphatic heterocycles. The van der Waals surface area contributed by atoms with Gasteiger partial charge < -0.3 is 15.8 Å². The Bertz CT molecular complexity index is 389. The number of ether oxygens (including phenoxy) is 1. The Morgan fingerprint density at radius 1 is 1.44 bits per heavy atom. The molecule has 2 atom stereocenters. The van der Waals surface area contributed by atoms with E-state index in [0.717, 1.165) is 11.3 Å². The Hall–Kier alpha value is -1.65. The summed E-state index contributed by atoms with van der Waals surface area (Å²) in [5, 5.41) is 3.07. The van der Waals surface area contributed by atoms with Crippen molar-refractivity contribution in [3.63, 3.8) is 0 Å². The van der Waals surface area contributed by atoms with Gasteiger partial charge >= 0.3 is 0 Å². The van der Waals surface area contributed by atoms with Crippen LogP contribution in [0.25, 0.3) is 0 Å². The largest absolute Gasteiger partial charge is 0.375 e. The minimum Gasteiger partial charge on any atom is -0.375 e. The SMILES string of the molecule is C=C/C=C\Nc1ccc(C(OC)C(N)CF)cc1. The maximum absolute atomic E-state index is 12.6. The maximum Gasteiger partial charge on any atom is 0.107 e. The Balaban J connectivity index is 2.74. The summed E-state index contributed by atoms with van der Waals surface area (Å²) in [5.74, 6) is 0. The summed E-state index contributed by atoms with van der Waals surface area (Å²) < 4.78 is 17.8. The Morgan fingerprint density at radius 2 is 2.11 bits per heavy atom. The standard InChI is InChI=1S/C14H19FN2O/c1-3-4-9-17-12-7-5-11(6-8-12)14(18-2)13(16)10-15/h3-9,13-14,17H,1,10,16H2,2H3/b9-4-. The van der Waals surface area contributed by atoms with Gasteiger partial charge in [0.25, 0.3) is 0 Å². The molecule has 18 heavy (non-hydrogen) atoms. The summed E-state index contributed by atoms with van der Waals surface area (Å²) in [6.07, 6.45) is 4.84. The van der Waals surface area contributed by atoms with Gasteiger partial charge in [0, 0.05) is 19.0 Å². The predicted molar refractivity (Wildman–Crippen MR) is 73.1 cm³/mol. The second-order valence-electron chi connectivity index (χ2n) is 3.84. The smallest absolute Gasteiger partial charge is 0.107 e. The van der Waals surface area contributed by atoms with Crippen LogP contribution in [0.1, 0.15) is 11.7 Å². The van der Waals surface area contributed by atoms with Gasteiger partial charge in [-0.1, -0.05) is 24.8 Å². The molecule has 3 nitrogen and oxygen atoms in total. The molecule has 0 bridgehead atoms. The fraction of sp³-hybridized carbons (Fsp3) is 0.286. The van der Waals surface area contributed by atoms with Crippen molar-refractivity contribution in [2.45, 2.75) is 12.1 Å². The molecule has 0 spiro atoms. The van der Waals surface area contributed by atoms with E-state index in [1.165, 1.54) is 7.11 Å². The zero-order valence-corrected chi connectivity index (χ0v) is 10.5. The van der Waals surface area contributed by atoms with E-state index in [2.05, 4.69) is 11.9 Å². The van der Waals surface area contributed by atoms with Gasteiger partial charge in [-0.05, 0) is 23.8 Å². The first-order valence-electron chi connectivity index (χ1n) is 5.71. The number of nitrogens with one attached hydrogen (secondary N) is 1. The summed E-state index contributed by atoms with van der Waals surface area (Å²) in [6, 6.07) is 6.87. The van der Waals surface area contributed by atoms with Gasteiger partial charge in [0.15, 0.2) is 0 Å². The molecule has 0 heterocycles. The molecule has 0 saturated heterocycles. The number of anilines is 1. The van der Waals surface area contributed by atoms with Gasteiger partial charge in [-0.25, -0.2) is 4.39 Å². The number of hydrogen-bond donors (Lipinski definition) is 2. The molecule has 0 amide bonds. The average Bonchev–Trinajstić information content (AvgIpc) is 2.41. The third-order valence-corrected chi connectivity index (χ3v) is 2.54. The fourth-order valence-electron chi connectivity index (χ4n) is 1.62. The third kappa shape index (κ3) is 3.98. The molecule has 0 aliphatic rings. The zero-order chi connectivity index (χ0) is 13.4. The minimum atomic E-state index is -0.644. The van der Waals surface area contributed by atoms with Gasteiger partial charge in [-0.2, -0.15) is 0 Å². The van der Waals surface area contributed by atoms with Crippen LogP contribution >= 0.6 is 0 Å². The Labute approximate surface area is 107 Å². The van der Waals surface area contributed by atoms with Crippen LogP contribution in [0.2, 0.25) is 0 Å². The second kappa shape index (κ2) is 7.63. The third-order valence-electron chi connectivity index (χ3n) is 2.54. The lowest BCUT2D eigenvalue weighted by molar-refractivity contribution is 0.0721. The van der Waals surface area contributed by atoms with Crippen molar-refractivity contribution < 1.29 is 9.13 Å². The number of hydrogen-bond acceptors (Lipinski definition) is 3. The number of allylic oxidation sites excluding steroid dienone is 2. The minimum absolute atomic E-state index is 0.423. The highest BCUT2D eigenvalue weighted by Gasteiger charge is 2.18. The molecular weight excluding hydrogens is 231 g/mol. The number of rotatable bonds is 7. The number of nitrogens with two attached hydrogens (primary N) is 1. The monoisotopic (exact) mass is 250 g/mol. The lowest BCUT2D eigenvalue weighted by Gasteiger charge is -2.20. The van der Waals surface area contributed by atoms with E-state index in [0.29, 0.717) is 0 Å². The van der Waals surface area contributed by atoms with E-state index in [1.807, 2.05) is 24.3 Å². The Morgan fingerprint density at radius 3 is 2.61 bits per heavy atom. The highest BCUT2D eigenvalue weighted by Crippen LogP contribution is 2.21. The predicted octanol–water partition coefficient (Wildman–Crippen LogP) is 2.78. The molecule has 0 aromatic heterocycles. The van der Waals surface area contributed by atoms with Crippen molar-refractivity contribution in [3.8, 4) is 0 Å². The lowest BCUT2D eigenvalue weighted by atomic mass is 10.0. The molecule has 3 N–H and O–H groups in total. The molecule has 0 radical (unpaired) electrons. The van der Waals surface area contributed by atoms with Crippen molar-refractivity contribution >= 4 is 5.69 Å². The molecule has 0 aliphatic carbocycles. The lowest BCUT2D eigenvalue weighted by Crippen LogP contribution is -2.31. The van der Waals surface area contributed by atoms with Crippen LogP contribution < -0.4 is 11.1 Å². The topological polar surface area (TPSA) is 47.3 Å². The summed E-state index contributed by atoms with van der Waals surface area (Å²) >= 11 is 0. The molecule has 0 fully saturated rings. The van der Waals surface area contributed by atoms with Crippen LogP contribution in [-0.4, -0.2) is 19.8 Å². The molecule has 1 aromatic carbocycles. The highest BCUT2D eigenvalue weighted by atomic mass is 19.1. The first kappa shape index (κ1) is 14.4. The van der Waals surface area contributed by atoms with E-state index >= 15 is 0 Å². The van der Waals surface area contributed by atoms with Crippen LogP contribution in [0.15, 0.2) is 49.2 Å². The van der Waals surface area contributed by atoms with E-state index < -0.39 is 18.8 Å². The number of alkyl halides is 1. The molecule has 0 saturated carbocycles. The summed E-state index contributed by atoms with van der Waals surface area (Å²) in [7, 11) is 1.53. The van der Waals surface area contributed by atoms with Crippen LogP contribution in [0.4, 0.5) is 10.1 Å². The van der Waals surface area contributed by atoms with E-state index in [1.54, 1.807) is 18.4 Å². The Kier molecular flexibility index (Phi) is 6.11. The van der Waals surface area contributed by atoms with Crippen LogP contribution in [0, 0.1) is 0 Å². The van der Waals surface area contributed by atoms with Gasteiger partial charge in [-0.3, -0.25) is 0 Å². The van der Waals surface area contributed by atoms with Crippen LogP contribution in [-0.2, 0) is 4.74 Å². The quantitative estimate of drug-likeness (QED) is 0.731. The zero-order valence-electron chi connectivity index (χ0n) is 10.5. The molecule has 1 rings (SSSR count). The number of halogens is 1. The summed E-state index contributed by atoms with van der Waals surface area (Å²) in [5.41, 5.74) is 7.45. The number of benzene rings is 1. The van der Waals surface area contributed by atoms with Crippen LogP contribution in [0.3, 0.4) is 0 Å². The molecule has 4 heteroatoms. The van der Waals surface area contributed by atoms with E-state index in [-0.39, 0.29) is 0 Å². The van der Waals surface area contributed by atoms with Gasteiger partial charge in [0.05, 0.1) is 12.1 Å². The first-order valence-corrected chi connectivity index (χ1v) is 5.71. The van der Waals surface area contributed by atoms with Crippen molar-refractivity contribution in [1.29, 1.82) is 0 Å². The van der Waals surface area contributed by atoms with Crippen LogP contribution in [0.5, 0.6) is 0 Å². The van der Waals surface area contributed by atoms with Crippen molar-refractivity contribution in [2.24, 2.45) is 5.73 Å². The van der Waals surface area contributed by atoms with E-state index in [4.69, 9.17) is 10.5 Å². The average molecular weight is 250 g/mol. The van der Waals surface area contributed by atoms with E-state index in [9.17, 15) is 4.39 Å². The molecule has 1 aromatic rings. The van der Waals surface area contributed by atoms with Crippen molar-refractivity contribution in [1.82, 2.24) is 0 Å². The second-order valence-corrected chi connectivity index (χ2v) is 3.84. The van der Waals surface area contributed by atoms with Gasteiger partial charge in [0.2, 0.25) is 0 Å². The van der Waals surface area contributed by atoms with Crippen molar-refractivity contribution in [3.05, 3.63) is 54.8 Å². The normalized spacial score (nSPS) is 14.4. The van der Waals surface area contributed by atoms with Gasteiger partial charge in [0.1, 0.15) is 6.67 Å². The number of methoxy groups -OCH3 is 1.